The molecular weight excluding hydrogens is 584 g/mol. The number of rotatable bonds is 10. The van der Waals surface area contributed by atoms with E-state index >= 15 is 0 Å². The average molecular weight is 615 g/mol. The van der Waals surface area contributed by atoms with Gasteiger partial charge in [-0.1, -0.05) is 48.5 Å². The Morgan fingerprint density at radius 3 is 2.48 bits per heavy atom. The number of carbonyl (C=O) groups is 2. The van der Waals surface area contributed by atoms with E-state index in [1.165, 1.54) is 23.2 Å². The molecule has 14 heteroatoms. The second-order valence-corrected chi connectivity index (χ2v) is 11.5. The third-order valence-electron chi connectivity index (χ3n) is 7.01. The van der Waals surface area contributed by atoms with Gasteiger partial charge in [0.15, 0.2) is 0 Å². The van der Waals surface area contributed by atoms with Gasteiger partial charge in [0.25, 0.3) is 5.91 Å². The average Bonchev–Trinajstić information content (AvgIpc) is 3.69. The number of nitrogens with two attached hydrogens (primary N) is 2. The highest BCUT2D eigenvalue weighted by Crippen LogP contribution is 2.33. The zero-order chi connectivity index (χ0) is 31.5. The fourth-order valence-electron chi connectivity index (χ4n) is 4.81. The van der Waals surface area contributed by atoms with Crippen molar-refractivity contribution in [2.45, 2.75) is 23.8 Å². The molecule has 0 bridgehead atoms. The van der Waals surface area contributed by atoms with Crippen molar-refractivity contribution in [2.24, 2.45) is 10.9 Å². The van der Waals surface area contributed by atoms with Crippen LogP contribution in [-0.2, 0) is 24.4 Å². The third-order valence-corrected chi connectivity index (χ3v) is 7.98. The summed E-state index contributed by atoms with van der Waals surface area (Å²) in [5, 5.41) is 16.0. The molecule has 0 fully saturated rings. The van der Waals surface area contributed by atoms with Gasteiger partial charge in [0.2, 0.25) is 27.5 Å². The number of amides is 2. The Morgan fingerprint density at radius 2 is 1.82 bits per heavy atom. The number of hydroxylamine groups is 1. The van der Waals surface area contributed by atoms with Gasteiger partial charge in [-0.2, -0.15) is 0 Å². The van der Waals surface area contributed by atoms with Gasteiger partial charge in [0.1, 0.15) is 5.84 Å². The molecule has 1 aromatic heterocycles. The van der Waals surface area contributed by atoms with E-state index in [9.17, 15) is 18.0 Å². The molecule has 0 radical (unpaired) electrons. The van der Waals surface area contributed by atoms with Crippen LogP contribution < -0.4 is 26.6 Å². The second-order valence-electron chi connectivity index (χ2n) is 9.95. The summed E-state index contributed by atoms with van der Waals surface area (Å²) in [6, 6.07) is 19.7. The number of nitrogens with one attached hydrogen (secondary N) is 4. The number of hydrogen-bond donors (Lipinski definition) is 6. The van der Waals surface area contributed by atoms with Crippen LogP contribution in [0.5, 0.6) is 0 Å². The Bertz CT molecular complexity index is 1860. The van der Waals surface area contributed by atoms with Crippen LogP contribution in [-0.4, -0.2) is 48.2 Å². The maximum Gasteiger partial charge on any atom is 0.264 e. The highest BCUT2D eigenvalue weighted by Gasteiger charge is 2.46. The van der Waals surface area contributed by atoms with Crippen LogP contribution in [0.2, 0.25) is 0 Å². The van der Waals surface area contributed by atoms with Crippen LogP contribution in [0.15, 0.2) is 96.2 Å². The van der Waals surface area contributed by atoms with Gasteiger partial charge >= 0.3 is 0 Å². The van der Waals surface area contributed by atoms with Crippen LogP contribution in [0.3, 0.4) is 0 Å². The minimum Gasteiger partial charge on any atom is -0.384 e. The highest BCUT2D eigenvalue weighted by atomic mass is 32.2. The lowest BCUT2D eigenvalue weighted by molar-refractivity contribution is -0.144. The van der Waals surface area contributed by atoms with Gasteiger partial charge in [-0.05, 0) is 42.8 Å². The van der Waals surface area contributed by atoms with Gasteiger partial charge < -0.3 is 16.0 Å². The Labute approximate surface area is 253 Å². The summed E-state index contributed by atoms with van der Waals surface area (Å²) in [4.78, 5) is 41.7. The van der Waals surface area contributed by atoms with Crippen LogP contribution >= 0.6 is 0 Å². The first-order chi connectivity index (χ1) is 21.0. The lowest BCUT2D eigenvalue weighted by Gasteiger charge is -2.27. The summed E-state index contributed by atoms with van der Waals surface area (Å²) >= 11 is 0. The first-order valence-corrected chi connectivity index (χ1v) is 15.0. The van der Waals surface area contributed by atoms with Crippen molar-refractivity contribution >= 4 is 45.0 Å². The quantitative estimate of drug-likeness (QED) is 0.115. The fourth-order valence-corrected chi connectivity index (χ4v) is 5.57. The molecule has 1 atom stereocenters. The maximum absolute atomic E-state index is 13.9. The molecule has 226 valence electrons. The Kier molecular flexibility index (Phi) is 8.31. The molecule has 1 aliphatic heterocycles. The fraction of sp³-hybridized carbons (Fsp3) is 0.133. The Hall–Kier alpha value is -5.31. The summed E-state index contributed by atoms with van der Waals surface area (Å²) in [6.07, 6.45) is 4.25. The van der Waals surface area contributed by atoms with E-state index in [1.807, 2.05) is 0 Å². The van der Waals surface area contributed by atoms with Crippen molar-refractivity contribution in [2.75, 3.05) is 16.8 Å². The molecule has 3 aromatic carbocycles. The third kappa shape index (κ3) is 6.22. The van der Waals surface area contributed by atoms with E-state index < -0.39 is 27.4 Å². The topological polar surface area (TPSA) is 209 Å². The number of benzene rings is 3. The van der Waals surface area contributed by atoms with Crippen molar-refractivity contribution in [3.63, 3.8) is 0 Å². The summed E-state index contributed by atoms with van der Waals surface area (Å²) in [7, 11) is -3.96. The molecular formula is C30H30N8O5S. The number of hydrogen-bond acceptors (Lipinski definition) is 8. The lowest BCUT2D eigenvalue weighted by atomic mass is 9.94. The molecule has 8 N–H and O–H groups in total. The molecule has 1 unspecified atom stereocenters. The number of primary sulfonamides is 1. The van der Waals surface area contributed by atoms with E-state index in [2.05, 4.69) is 20.8 Å². The Morgan fingerprint density at radius 1 is 1.07 bits per heavy atom. The molecule has 0 spiro atoms. The van der Waals surface area contributed by atoms with E-state index in [-0.39, 0.29) is 23.7 Å². The van der Waals surface area contributed by atoms with Crippen molar-refractivity contribution in [1.82, 2.24) is 15.4 Å². The molecule has 2 amide bonds. The second kappa shape index (κ2) is 12.1. The molecule has 13 nitrogen and oxygen atoms in total. The predicted molar refractivity (Wildman–Crippen MR) is 165 cm³/mol. The van der Waals surface area contributed by atoms with Crippen LogP contribution in [0, 0.1) is 5.41 Å². The molecule has 0 saturated heterocycles. The van der Waals surface area contributed by atoms with E-state index in [0.717, 1.165) is 0 Å². The number of aromatic amines is 1. The molecule has 4 aromatic rings. The standard InChI is InChI=1S/C30H30N8O5S/c1-2-38(29-34-14-15-35-29)26(39)18-30(17-24(37-43-30)20-6-5-7-21(16-20)27(31)32)28(40)36-22-12-10-19(11-13-22)23-8-3-4-9-25(23)44(33,41)42/h3-17,37H,2,18H2,1H3,(H3,31,32)(H,34,35)(H,36,40)(H2,33,41,42). The lowest BCUT2D eigenvalue weighted by Crippen LogP contribution is -2.48. The summed E-state index contributed by atoms with van der Waals surface area (Å²) in [6.45, 7) is 2.07. The SMILES string of the molecule is CCN(C(=O)CC1(C(=O)Nc2ccc(-c3ccccc3S(N)(=O)=O)cc2)C=C(c2cccc(C(=N)N)c2)NO1)c1ncc[nH]1. The van der Waals surface area contributed by atoms with Crippen LogP contribution in [0.4, 0.5) is 11.6 Å². The number of nitrogen functional groups attached to an aromatic ring is 1. The minimum absolute atomic E-state index is 0.0248. The minimum atomic E-state index is -3.96. The van der Waals surface area contributed by atoms with Gasteiger partial charge in [-0.15, -0.1) is 0 Å². The van der Waals surface area contributed by atoms with Crippen molar-refractivity contribution in [3.05, 3.63) is 102 Å². The number of anilines is 2. The highest BCUT2D eigenvalue weighted by molar-refractivity contribution is 7.89. The number of imidazole rings is 1. The molecule has 5 rings (SSSR count). The van der Waals surface area contributed by atoms with Gasteiger partial charge in [-0.3, -0.25) is 30.2 Å². The van der Waals surface area contributed by atoms with Crippen LogP contribution in [0.25, 0.3) is 16.8 Å². The monoisotopic (exact) mass is 614 g/mol. The smallest absolute Gasteiger partial charge is 0.264 e. The van der Waals surface area contributed by atoms with E-state index in [1.54, 1.807) is 79.9 Å². The van der Waals surface area contributed by atoms with Gasteiger partial charge in [0.05, 0.1) is 17.0 Å². The molecule has 44 heavy (non-hydrogen) atoms. The number of amidine groups is 1. The zero-order valence-electron chi connectivity index (χ0n) is 23.6. The van der Waals surface area contributed by atoms with Crippen molar-refractivity contribution in [1.29, 1.82) is 5.41 Å². The summed E-state index contributed by atoms with van der Waals surface area (Å²) in [5.74, 6) is -0.862. The summed E-state index contributed by atoms with van der Waals surface area (Å²) < 4.78 is 24.2. The molecule has 0 aliphatic carbocycles. The predicted octanol–water partition coefficient (Wildman–Crippen LogP) is 2.70. The first kappa shape index (κ1) is 30.2. The normalized spacial score (nSPS) is 16.1. The molecule has 1 aliphatic rings. The number of sulfonamides is 1. The molecule has 0 saturated carbocycles. The van der Waals surface area contributed by atoms with E-state index in [0.29, 0.717) is 39.6 Å². The van der Waals surface area contributed by atoms with Crippen molar-refractivity contribution < 1.29 is 22.8 Å². The largest absolute Gasteiger partial charge is 0.384 e. The van der Waals surface area contributed by atoms with Gasteiger partial charge in [0, 0.05) is 41.3 Å². The number of nitrogens with zero attached hydrogens (tertiary/aromatic N) is 2. The van der Waals surface area contributed by atoms with Crippen molar-refractivity contribution in [3.8, 4) is 11.1 Å². The van der Waals surface area contributed by atoms with E-state index in [4.69, 9.17) is 21.1 Å². The first-order valence-electron chi connectivity index (χ1n) is 13.5. The van der Waals surface area contributed by atoms with Crippen LogP contribution in [0.1, 0.15) is 24.5 Å². The number of carbonyl (C=O) groups excluding carboxylic acids is 2. The summed E-state index contributed by atoms with van der Waals surface area (Å²) in [5.41, 5.74) is 9.49. The van der Waals surface area contributed by atoms with Gasteiger partial charge in [-0.25, -0.2) is 18.5 Å². The Balaban J connectivity index is 1.46. The molecule has 2 heterocycles. The number of H-pyrrole nitrogens is 1. The zero-order valence-corrected chi connectivity index (χ0v) is 24.4. The number of aromatic nitrogens is 2. The maximum atomic E-state index is 13.9.